The highest BCUT2D eigenvalue weighted by molar-refractivity contribution is 5.16. The molecule has 0 aliphatic carbocycles. The van der Waals surface area contributed by atoms with E-state index >= 15 is 0 Å². The molecule has 1 unspecified atom stereocenters. The molecule has 1 aromatic carbocycles. The molecule has 6 heteroatoms. The predicted molar refractivity (Wildman–Crippen MR) is 65.1 cm³/mol. The van der Waals surface area contributed by atoms with E-state index in [1.54, 1.807) is 24.3 Å². The van der Waals surface area contributed by atoms with E-state index in [1.807, 2.05) is 6.07 Å². The van der Waals surface area contributed by atoms with Crippen molar-refractivity contribution in [1.29, 1.82) is 0 Å². The average molecular weight is 270 g/mol. The molecule has 5 atom stereocenters. The van der Waals surface area contributed by atoms with E-state index in [0.29, 0.717) is 5.56 Å². The Hall–Kier alpha value is -1.02. The topological polar surface area (TPSA) is 99.4 Å². The molecule has 0 spiro atoms. The quantitative estimate of drug-likeness (QED) is 0.560. The zero-order valence-corrected chi connectivity index (χ0v) is 10.3. The molecule has 0 saturated carbocycles. The lowest BCUT2D eigenvalue weighted by atomic mass is 10.0. The summed E-state index contributed by atoms with van der Waals surface area (Å²) in [6.07, 6.45) is -5.88. The minimum absolute atomic E-state index is 0.171. The smallest absolute Gasteiger partial charge is 0.184 e. The molecular weight excluding hydrogens is 252 g/mol. The molecule has 1 fully saturated rings. The number of rotatable bonds is 2. The molecule has 1 aromatic rings. The van der Waals surface area contributed by atoms with Gasteiger partial charge in [0.2, 0.25) is 0 Å². The molecule has 0 radical (unpaired) electrons. The van der Waals surface area contributed by atoms with Crippen LogP contribution in [0.15, 0.2) is 30.3 Å². The summed E-state index contributed by atoms with van der Waals surface area (Å²) in [6, 6.07) is 8.99. The second kappa shape index (κ2) is 6.42. The third-order valence-corrected chi connectivity index (χ3v) is 3.09. The van der Waals surface area contributed by atoms with Crippen molar-refractivity contribution in [1.82, 2.24) is 0 Å². The maximum Gasteiger partial charge on any atom is 0.184 e. The third kappa shape index (κ3) is 3.30. The highest BCUT2D eigenvalue weighted by atomic mass is 16.7. The molecule has 0 bridgehead atoms. The van der Waals surface area contributed by atoms with E-state index in [-0.39, 0.29) is 6.61 Å². The minimum Gasteiger partial charge on any atom is -0.394 e. The fraction of sp³-hybridized carbons (Fsp3) is 0.538. The number of ether oxygens (including phenoxy) is 2. The van der Waals surface area contributed by atoms with Gasteiger partial charge in [0.25, 0.3) is 0 Å². The molecule has 4 N–H and O–H groups in total. The van der Waals surface area contributed by atoms with Gasteiger partial charge in [-0.1, -0.05) is 30.3 Å². The monoisotopic (exact) mass is 270 g/mol. The summed E-state index contributed by atoms with van der Waals surface area (Å²) in [5, 5.41) is 38.3. The second-order valence-electron chi connectivity index (χ2n) is 4.48. The van der Waals surface area contributed by atoms with Crippen LogP contribution in [0.3, 0.4) is 0 Å². The van der Waals surface area contributed by atoms with Gasteiger partial charge >= 0.3 is 0 Å². The third-order valence-electron chi connectivity index (χ3n) is 3.09. The van der Waals surface area contributed by atoms with Crippen LogP contribution in [0.2, 0.25) is 0 Å². The fourth-order valence-electron chi connectivity index (χ4n) is 1.95. The lowest BCUT2D eigenvalue weighted by Gasteiger charge is -2.34. The zero-order valence-electron chi connectivity index (χ0n) is 10.3. The lowest BCUT2D eigenvalue weighted by molar-refractivity contribution is -0.256. The fourth-order valence-corrected chi connectivity index (χ4v) is 1.95. The molecule has 0 amide bonds. The van der Waals surface area contributed by atoms with E-state index in [2.05, 4.69) is 0 Å². The predicted octanol–water partition coefficient (Wildman–Crippen LogP) is -0.824. The van der Waals surface area contributed by atoms with Gasteiger partial charge in [0.15, 0.2) is 6.29 Å². The molecule has 0 aromatic heterocycles. The zero-order chi connectivity index (χ0) is 13.8. The molecule has 1 saturated heterocycles. The van der Waals surface area contributed by atoms with Gasteiger partial charge in [-0.25, -0.2) is 0 Å². The van der Waals surface area contributed by atoms with Crippen LogP contribution < -0.4 is 0 Å². The van der Waals surface area contributed by atoms with Crippen LogP contribution >= 0.6 is 0 Å². The Morgan fingerprint density at radius 1 is 1.05 bits per heavy atom. The van der Waals surface area contributed by atoms with Gasteiger partial charge in [-0.05, 0) is 0 Å². The molecule has 1 heterocycles. The molecular formula is C13H18O6. The van der Waals surface area contributed by atoms with Gasteiger partial charge in [0.05, 0.1) is 13.2 Å². The van der Waals surface area contributed by atoms with Crippen LogP contribution in [0.5, 0.6) is 0 Å². The summed E-state index contributed by atoms with van der Waals surface area (Å²) >= 11 is 0. The number of benzene rings is 1. The van der Waals surface area contributed by atoms with Gasteiger partial charge in [0.1, 0.15) is 24.4 Å². The Morgan fingerprint density at radius 2 is 1.74 bits per heavy atom. The largest absolute Gasteiger partial charge is 0.394 e. The first-order valence-electron chi connectivity index (χ1n) is 6.10. The van der Waals surface area contributed by atoms with Crippen LogP contribution in [0.1, 0.15) is 11.9 Å². The van der Waals surface area contributed by atoms with Gasteiger partial charge in [-0.15, -0.1) is 0 Å². The summed E-state index contributed by atoms with van der Waals surface area (Å²) in [5.41, 5.74) is 0.705. The van der Waals surface area contributed by atoms with E-state index in [0.717, 1.165) is 0 Å². The summed E-state index contributed by atoms with van der Waals surface area (Å²) in [6.45, 7) is -0.659. The Labute approximate surface area is 110 Å². The first-order chi connectivity index (χ1) is 9.13. The van der Waals surface area contributed by atoms with Crippen molar-refractivity contribution in [3.63, 3.8) is 0 Å². The molecule has 1 aliphatic rings. The summed E-state index contributed by atoms with van der Waals surface area (Å²) in [5.74, 6) is 0. The van der Waals surface area contributed by atoms with E-state index in [1.165, 1.54) is 0 Å². The van der Waals surface area contributed by atoms with Crippen LogP contribution in [0.4, 0.5) is 0 Å². The molecule has 1 aliphatic heterocycles. The second-order valence-corrected chi connectivity index (χ2v) is 4.48. The maximum absolute atomic E-state index is 9.83. The lowest BCUT2D eigenvalue weighted by Crippen LogP contribution is -2.51. The Balaban J connectivity index is 2.18. The molecule has 6 nitrogen and oxygen atoms in total. The maximum atomic E-state index is 9.83. The number of aliphatic hydroxyl groups excluding tert-OH is 4. The summed E-state index contributed by atoms with van der Waals surface area (Å²) in [7, 11) is 0. The van der Waals surface area contributed by atoms with Crippen LogP contribution in [-0.4, -0.2) is 58.1 Å². The van der Waals surface area contributed by atoms with E-state index in [9.17, 15) is 20.4 Å². The first-order valence-corrected chi connectivity index (χ1v) is 6.10. The SMILES string of the molecule is OC[C@@H]1OC(c2ccccc2)OC[C@@H](O)[C@@H](O)[C@@H]1O. The molecule has 2 rings (SSSR count). The molecule has 106 valence electrons. The number of aliphatic hydroxyl groups is 4. The van der Waals surface area contributed by atoms with Crippen molar-refractivity contribution in [2.24, 2.45) is 0 Å². The Bertz CT molecular complexity index is 384. The number of hydrogen-bond acceptors (Lipinski definition) is 6. The van der Waals surface area contributed by atoms with E-state index < -0.39 is 37.3 Å². The van der Waals surface area contributed by atoms with Gasteiger partial charge in [0, 0.05) is 5.56 Å². The van der Waals surface area contributed by atoms with Crippen molar-refractivity contribution in [2.45, 2.75) is 30.7 Å². The highest BCUT2D eigenvalue weighted by Crippen LogP contribution is 2.25. The summed E-state index contributed by atoms with van der Waals surface area (Å²) in [4.78, 5) is 0. The van der Waals surface area contributed by atoms with Crippen molar-refractivity contribution in [2.75, 3.05) is 13.2 Å². The van der Waals surface area contributed by atoms with Crippen molar-refractivity contribution >= 4 is 0 Å². The molecule has 19 heavy (non-hydrogen) atoms. The Kier molecular flexibility index (Phi) is 4.87. The van der Waals surface area contributed by atoms with Gasteiger partial charge in [-0.3, -0.25) is 0 Å². The normalized spacial score (nSPS) is 36.5. The van der Waals surface area contributed by atoms with Crippen LogP contribution in [0.25, 0.3) is 0 Å². The highest BCUT2D eigenvalue weighted by Gasteiger charge is 2.36. The van der Waals surface area contributed by atoms with Gasteiger partial charge < -0.3 is 29.9 Å². The van der Waals surface area contributed by atoms with Crippen LogP contribution in [0, 0.1) is 0 Å². The Morgan fingerprint density at radius 3 is 2.37 bits per heavy atom. The minimum atomic E-state index is -1.42. The van der Waals surface area contributed by atoms with Crippen molar-refractivity contribution in [3.8, 4) is 0 Å². The van der Waals surface area contributed by atoms with Crippen molar-refractivity contribution in [3.05, 3.63) is 35.9 Å². The number of hydrogen-bond donors (Lipinski definition) is 4. The first kappa shape index (κ1) is 14.4. The standard InChI is InChI=1S/C13H18O6/c14-6-10-12(17)11(16)9(15)7-18-13(19-10)8-4-2-1-3-5-8/h1-5,9-17H,6-7H2/t9-,10+,11-,12-,13?/m1/s1. The van der Waals surface area contributed by atoms with Crippen LogP contribution in [-0.2, 0) is 9.47 Å². The van der Waals surface area contributed by atoms with Gasteiger partial charge in [-0.2, -0.15) is 0 Å². The summed E-state index contributed by atoms with van der Waals surface area (Å²) < 4.78 is 10.8. The van der Waals surface area contributed by atoms with Crippen molar-refractivity contribution < 1.29 is 29.9 Å². The van der Waals surface area contributed by atoms with E-state index in [4.69, 9.17) is 9.47 Å². The average Bonchev–Trinajstić information content (AvgIpc) is 2.45.